The van der Waals surface area contributed by atoms with Gasteiger partial charge in [0.15, 0.2) is 0 Å². The van der Waals surface area contributed by atoms with Gasteiger partial charge in [-0.15, -0.1) is 0 Å². The molecular formula is C28H32Cl2N4O2. The normalized spacial score (nSPS) is 30.5. The Balaban J connectivity index is 1.14. The van der Waals surface area contributed by atoms with Crippen LogP contribution in [-0.2, 0) is 4.79 Å². The Hall–Kier alpha value is -2.44. The number of benzene rings is 2. The number of urea groups is 1. The molecule has 2 aromatic carbocycles. The minimum absolute atomic E-state index is 0.0741. The van der Waals surface area contributed by atoms with Crippen molar-refractivity contribution in [1.82, 2.24) is 15.6 Å². The van der Waals surface area contributed by atoms with Crippen LogP contribution in [-0.4, -0.2) is 36.1 Å². The predicted molar refractivity (Wildman–Crippen MR) is 142 cm³/mol. The first kappa shape index (κ1) is 23.9. The van der Waals surface area contributed by atoms with E-state index in [0.29, 0.717) is 34.8 Å². The second kappa shape index (κ2) is 9.79. The van der Waals surface area contributed by atoms with Crippen molar-refractivity contribution in [3.05, 3.63) is 64.1 Å². The van der Waals surface area contributed by atoms with Crippen molar-refractivity contribution in [2.45, 2.75) is 50.6 Å². The molecule has 1 aliphatic heterocycles. The van der Waals surface area contributed by atoms with Crippen molar-refractivity contribution in [2.24, 2.45) is 23.7 Å². The number of anilines is 1. The van der Waals surface area contributed by atoms with E-state index in [1.54, 1.807) is 5.01 Å². The first-order valence-electron chi connectivity index (χ1n) is 13.1. The summed E-state index contributed by atoms with van der Waals surface area (Å²) in [7, 11) is 0. The molecule has 7 rings (SSSR count). The van der Waals surface area contributed by atoms with Gasteiger partial charge in [-0.2, -0.15) is 0 Å². The van der Waals surface area contributed by atoms with Gasteiger partial charge in [0, 0.05) is 17.6 Å². The minimum atomic E-state index is -0.244. The predicted octanol–water partition coefficient (Wildman–Crippen LogP) is 5.81. The lowest BCUT2D eigenvalue weighted by atomic mass is 9.54. The molecule has 2 N–H and O–H groups in total. The number of carbonyl (C=O) groups is 2. The van der Waals surface area contributed by atoms with Crippen LogP contribution in [0.5, 0.6) is 0 Å². The van der Waals surface area contributed by atoms with E-state index in [-0.39, 0.29) is 30.6 Å². The molecule has 2 aromatic rings. The Morgan fingerprint density at radius 1 is 0.861 bits per heavy atom. The number of para-hydroxylation sites is 1. The lowest BCUT2D eigenvalue weighted by Gasteiger charge is -2.54. The van der Waals surface area contributed by atoms with Crippen molar-refractivity contribution in [3.8, 4) is 0 Å². The lowest BCUT2D eigenvalue weighted by molar-refractivity contribution is -0.129. The molecule has 1 saturated heterocycles. The summed E-state index contributed by atoms with van der Waals surface area (Å²) in [4.78, 5) is 26.3. The molecule has 1 atom stereocenters. The van der Waals surface area contributed by atoms with E-state index in [2.05, 4.69) is 10.6 Å². The highest BCUT2D eigenvalue weighted by atomic mass is 35.5. The van der Waals surface area contributed by atoms with Crippen LogP contribution >= 0.6 is 23.2 Å². The summed E-state index contributed by atoms with van der Waals surface area (Å²) < 4.78 is 0. The number of rotatable bonds is 5. The topological polar surface area (TPSA) is 64.7 Å². The molecule has 36 heavy (non-hydrogen) atoms. The molecule has 4 aliphatic carbocycles. The molecule has 190 valence electrons. The molecule has 0 spiro atoms. The molecule has 5 aliphatic rings. The summed E-state index contributed by atoms with van der Waals surface area (Å²) in [6.07, 6.45) is 7.04. The van der Waals surface area contributed by atoms with Gasteiger partial charge in [-0.25, -0.2) is 4.79 Å². The summed E-state index contributed by atoms with van der Waals surface area (Å²) in [6, 6.07) is 15.1. The zero-order valence-electron chi connectivity index (χ0n) is 20.2. The Morgan fingerprint density at radius 3 is 2.17 bits per heavy atom. The van der Waals surface area contributed by atoms with Crippen LogP contribution in [0.1, 0.15) is 50.1 Å². The van der Waals surface area contributed by atoms with E-state index in [4.69, 9.17) is 23.2 Å². The van der Waals surface area contributed by atoms with Gasteiger partial charge in [-0.05, 0) is 86.0 Å². The second-order valence-electron chi connectivity index (χ2n) is 10.9. The van der Waals surface area contributed by atoms with E-state index in [9.17, 15) is 9.59 Å². The number of hydrazine groups is 1. The maximum absolute atomic E-state index is 13.4. The number of hydrogen-bond acceptors (Lipinski definition) is 3. The third-order valence-corrected chi connectivity index (χ3v) is 9.41. The van der Waals surface area contributed by atoms with Crippen molar-refractivity contribution in [3.63, 3.8) is 0 Å². The molecule has 0 unspecified atom stereocenters. The van der Waals surface area contributed by atoms with E-state index >= 15 is 0 Å². The zero-order chi connectivity index (χ0) is 24.8. The fourth-order valence-electron chi connectivity index (χ4n) is 7.47. The highest BCUT2D eigenvalue weighted by Crippen LogP contribution is 2.53. The summed E-state index contributed by atoms with van der Waals surface area (Å²) in [5.41, 5.74) is 1.69. The Kier molecular flexibility index (Phi) is 6.51. The summed E-state index contributed by atoms with van der Waals surface area (Å²) in [5, 5.41) is 10.9. The summed E-state index contributed by atoms with van der Waals surface area (Å²) in [5.74, 6) is 2.71. The van der Waals surface area contributed by atoms with Crippen molar-refractivity contribution in [2.75, 3.05) is 18.1 Å². The summed E-state index contributed by atoms with van der Waals surface area (Å²) >= 11 is 13.1. The number of halogens is 2. The first-order valence-corrected chi connectivity index (χ1v) is 13.9. The molecule has 1 heterocycles. The molecule has 4 saturated carbocycles. The molecule has 5 fully saturated rings. The molecule has 4 bridgehead atoms. The molecule has 0 aromatic heterocycles. The van der Waals surface area contributed by atoms with E-state index in [1.165, 1.54) is 32.1 Å². The van der Waals surface area contributed by atoms with Crippen molar-refractivity contribution < 1.29 is 9.59 Å². The van der Waals surface area contributed by atoms with Crippen molar-refractivity contribution >= 4 is 40.8 Å². The van der Waals surface area contributed by atoms with Gasteiger partial charge in [0.05, 0.1) is 16.8 Å². The van der Waals surface area contributed by atoms with Crippen LogP contribution in [0, 0.1) is 23.7 Å². The summed E-state index contributed by atoms with van der Waals surface area (Å²) in [6.45, 7) is 0.439. The largest absolute Gasteiger partial charge is 0.335 e. The monoisotopic (exact) mass is 526 g/mol. The quantitative estimate of drug-likeness (QED) is 0.516. The maximum Gasteiger partial charge on any atom is 0.315 e. The van der Waals surface area contributed by atoms with Gasteiger partial charge in [0.2, 0.25) is 0 Å². The fraction of sp³-hybridized carbons (Fsp3) is 0.500. The molecular weight excluding hydrogens is 495 g/mol. The number of hydrogen-bond donors (Lipinski definition) is 2. The van der Waals surface area contributed by atoms with E-state index in [0.717, 1.165) is 23.1 Å². The van der Waals surface area contributed by atoms with Crippen LogP contribution in [0.25, 0.3) is 0 Å². The third kappa shape index (κ3) is 4.43. The van der Waals surface area contributed by atoms with Crippen LogP contribution in [0.4, 0.5) is 10.5 Å². The standard InChI is InChI=1S/C28H32Cl2N4O2/c29-22-6-2-1-5-21(22)24-9-10-33(34(24)25-8-4-3-7-23(25)30)26(35)16-31-28(36)32-27-19-12-17-11-18(14-19)15-20(27)13-17/h1-8,17-20,24,27H,9-16H2,(H2,31,32,36)/t17?,18?,19?,20?,24-,27?/m1/s1. The van der Waals surface area contributed by atoms with Crippen LogP contribution in [0.15, 0.2) is 48.5 Å². The van der Waals surface area contributed by atoms with Crippen LogP contribution in [0.3, 0.4) is 0 Å². The third-order valence-electron chi connectivity index (χ3n) is 8.75. The molecule has 0 radical (unpaired) electrons. The SMILES string of the molecule is O=C(NCC(=O)N1CC[C@H](c2ccccc2Cl)N1c1ccccc1Cl)NC1C2CC3CC(C2)CC1C3. The molecule has 3 amide bonds. The number of amides is 3. The van der Waals surface area contributed by atoms with Gasteiger partial charge < -0.3 is 10.6 Å². The Morgan fingerprint density at radius 2 is 1.50 bits per heavy atom. The second-order valence-corrected chi connectivity index (χ2v) is 11.7. The molecule has 6 nitrogen and oxygen atoms in total. The van der Waals surface area contributed by atoms with Crippen molar-refractivity contribution in [1.29, 1.82) is 0 Å². The van der Waals surface area contributed by atoms with Crippen LogP contribution < -0.4 is 15.6 Å². The maximum atomic E-state index is 13.4. The van der Waals surface area contributed by atoms with Crippen LogP contribution in [0.2, 0.25) is 10.0 Å². The Bertz CT molecular complexity index is 1130. The highest BCUT2D eigenvalue weighted by Gasteiger charge is 2.48. The number of carbonyl (C=O) groups excluding carboxylic acids is 2. The molecule has 8 heteroatoms. The van der Waals surface area contributed by atoms with Gasteiger partial charge in [-0.1, -0.05) is 53.5 Å². The fourth-order valence-corrected chi connectivity index (χ4v) is 7.95. The average Bonchev–Trinajstić information content (AvgIpc) is 3.29. The van der Waals surface area contributed by atoms with Gasteiger partial charge >= 0.3 is 6.03 Å². The van der Waals surface area contributed by atoms with Gasteiger partial charge in [0.25, 0.3) is 5.91 Å². The zero-order valence-corrected chi connectivity index (χ0v) is 21.7. The van der Waals surface area contributed by atoms with E-state index < -0.39 is 0 Å². The first-order chi connectivity index (χ1) is 17.5. The number of nitrogens with zero attached hydrogens (tertiary/aromatic N) is 2. The minimum Gasteiger partial charge on any atom is -0.335 e. The van der Waals surface area contributed by atoms with E-state index in [1.807, 2.05) is 53.5 Å². The lowest BCUT2D eigenvalue weighted by Crippen LogP contribution is -2.58. The number of nitrogens with one attached hydrogen (secondary N) is 2. The smallest absolute Gasteiger partial charge is 0.315 e. The average molecular weight is 527 g/mol. The van der Waals surface area contributed by atoms with Gasteiger partial charge in [0.1, 0.15) is 6.54 Å². The van der Waals surface area contributed by atoms with Gasteiger partial charge in [-0.3, -0.25) is 14.8 Å². The highest BCUT2D eigenvalue weighted by molar-refractivity contribution is 6.33. The Labute approximate surface area is 222 Å².